The van der Waals surface area contributed by atoms with Crippen LogP contribution in [0.25, 0.3) is 0 Å². The number of nitrogens with zero attached hydrogens (tertiary/aromatic N) is 3. The number of hydrogen-bond acceptors (Lipinski definition) is 5. The lowest BCUT2D eigenvalue weighted by Gasteiger charge is -2.30. The van der Waals surface area contributed by atoms with Gasteiger partial charge in [0.2, 0.25) is 0 Å². The van der Waals surface area contributed by atoms with Crippen LogP contribution in [0.15, 0.2) is 24.4 Å². The summed E-state index contributed by atoms with van der Waals surface area (Å²) in [5.74, 6) is 0.181. The van der Waals surface area contributed by atoms with Crippen molar-refractivity contribution in [3.63, 3.8) is 0 Å². The number of methoxy groups -OCH3 is 1. The van der Waals surface area contributed by atoms with Gasteiger partial charge in [-0.15, -0.1) is 0 Å². The van der Waals surface area contributed by atoms with Crippen LogP contribution in [0.2, 0.25) is 0 Å². The van der Waals surface area contributed by atoms with E-state index in [9.17, 15) is 14.3 Å². The molecular weight excluding hydrogens is 365 g/mol. The molecule has 1 aromatic heterocycles. The lowest BCUT2D eigenvalue weighted by atomic mass is 10.1. The van der Waals surface area contributed by atoms with Gasteiger partial charge in [-0.25, -0.2) is 9.18 Å². The van der Waals surface area contributed by atoms with Crippen molar-refractivity contribution in [2.75, 3.05) is 43.2 Å². The topological polar surface area (TPSA) is 75.1 Å². The number of amides is 1. The molecule has 1 fully saturated rings. The molecule has 1 aromatic carbocycles. The van der Waals surface area contributed by atoms with E-state index in [1.807, 2.05) is 18.7 Å². The monoisotopic (exact) mass is 389 g/mol. The van der Waals surface area contributed by atoms with E-state index < -0.39 is 11.9 Å². The summed E-state index contributed by atoms with van der Waals surface area (Å²) in [7, 11) is 1.56. The number of ether oxygens (including phenoxy) is 2. The maximum Gasteiger partial charge on any atom is 0.412 e. The summed E-state index contributed by atoms with van der Waals surface area (Å²) in [5, 5.41) is 9.76. The molecule has 3 rings (SSSR count). The third-order valence-corrected chi connectivity index (χ3v) is 4.84. The molecule has 1 N–H and O–H groups in total. The fraction of sp³-hybridized carbons (Fsp3) is 0.400. The molecule has 28 heavy (non-hydrogen) atoms. The molecule has 0 bridgehead atoms. The second-order valence-corrected chi connectivity index (χ2v) is 6.68. The predicted molar refractivity (Wildman–Crippen MR) is 104 cm³/mol. The van der Waals surface area contributed by atoms with E-state index in [0.717, 1.165) is 16.0 Å². The van der Waals surface area contributed by atoms with E-state index in [1.165, 1.54) is 12.1 Å². The Bertz CT molecular complexity index is 869. The summed E-state index contributed by atoms with van der Waals surface area (Å²) < 4.78 is 25.0. The van der Waals surface area contributed by atoms with Crippen LogP contribution in [0.4, 0.5) is 20.6 Å². The van der Waals surface area contributed by atoms with Crippen molar-refractivity contribution in [2.24, 2.45) is 0 Å². The molecule has 0 atom stereocenters. The van der Waals surface area contributed by atoms with Gasteiger partial charge in [0.05, 0.1) is 38.2 Å². The van der Waals surface area contributed by atoms with Gasteiger partial charge < -0.3 is 19.5 Å². The average Bonchev–Trinajstić information content (AvgIpc) is 2.67. The highest BCUT2D eigenvalue weighted by molar-refractivity contribution is 5.87. The number of hydrogen-bond donors (Lipinski definition) is 1. The number of anilines is 2. The van der Waals surface area contributed by atoms with Gasteiger partial charge >= 0.3 is 6.09 Å². The van der Waals surface area contributed by atoms with E-state index in [1.54, 1.807) is 19.4 Å². The van der Waals surface area contributed by atoms with Crippen molar-refractivity contribution in [2.45, 2.75) is 20.4 Å². The maximum atomic E-state index is 14.3. The van der Waals surface area contributed by atoms with Crippen molar-refractivity contribution >= 4 is 17.5 Å². The van der Waals surface area contributed by atoms with E-state index in [-0.39, 0.29) is 12.2 Å². The average molecular weight is 389 g/mol. The van der Waals surface area contributed by atoms with E-state index in [2.05, 4.69) is 4.98 Å². The molecule has 1 saturated heterocycles. The molecule has 2 heterocycles. The van der Waals surface area contributed by atoms with Gasteiger partial charge in [-0.2, -0.15) is 0 Å². The van der Waals surface area contributed by atoms with Crippen LogP contribution in [0.3, 0.4) is 0 Å². The highest BCUT2D eigenvalue weighted by Gasteiger charge is 2.21. The van der Waals surface area contributed by atoms with Gasteiger partial charge in [-0.1, -0.05) is 0 Å². The standard InChI is InChI=1S/C20H24FN3O4/c1-13-11-22-18(14(2)19(13)27-3)12-24(20(25)26)17-9-15(21)8-16(10-17)23-4-6-28-7-5-23/h8-11H,4-7,12H2,1-3H3,(H,25,26). The summed E-state index contributed by atoms with van der Waals surface area (Å²) in [5.41, 5.74) is 3.08. The number of halogens is 1. The summed E-state index contributed by atoms with van der Waals surface area (Å²) in [6.07, 6.45) is 0.464. The van der Waals surface area contributed by atoms with Gasteiger partial charge in [0.1, 0.15) is 11.6 Å². The molecule has 1 amide bonds. The number of carboxylic acid groups (broad SMARTS) is 1. The number of aryl methyl sites for hydroxylation is 1. The molecule has 1 aliphatic heterocycles. The fourth-order valence-electron chi connectivity index (χ4n) is 3.37. The van der Waals surface area contributed by atoms with Crippen molar-refractivity contribution in [3.8, 4) is 5.75 Å². The van der Waals surface area contributed by atoms with Gasteiger partial charge in [0.15, 0.2) is 0 Å². The summed E-state index contributed by atoms with van der Waals surface area (Å²) >= 11 is 0. The van der Waals surface area contributed by atoms with Crippen LogP contribution in [0, 0.1) is 19.7 Å². The van der Waals surface area contributed by atoms with Crippen LogP contribution < -0.4 is 14.5 Å². The van der Waals surface area contributed by atoms with Crippen LogP contribution in [-0.4, -0.2) is 49.6 Å². The van der Waals surface area contributed by atoms with Gasteiger partial charge in [0, 0.05) is 36.1 Å². The predicted octanol–water partition coefficient (Wildman–Crippen LogP) is 3.37. The van der Waals surface area contributed by atoms with E-state index in [4.69, 9.17) is 9.47 Å². The Kier molecular flexibility index (Phi) is 5.99. The SMILES string of the molecule is COc1c(C)cnc(CN(C(=O)O)c2cc(F)cc(N3CCOCC3)c2)c1C. The lowest BCUT2D eigenvalue weighted by molar-refractivity contribution is 0.122. The molecule has 0 aliphatic carbocycles. The molecule has 150 valence electrons. The van der Waals surface area contributed by atoms with Crippen LogP contribution in [0.1, 0.15) is 16.8 Å². The first-order valence-corrected chi connectivity index (χ1v) is 9.03. The first kappa shape index (κ1) is 19.9. The molecular formula is C20H24FN3O4. The van der Waals surface area contributed by atoms with Crippen molar-refractivity contribution in [3.05, 3.63) is 47.0 Å². The third kappa shape index (κ3) is 4.17. The number of benzene rings is 1. The third-order valence-electron chi connectivity index (χ3n) is 4.84. The van der Waals surface area contributed by atoms with Gasteiger partial charge in [-0.05, 0) is 32.0 Å². The highest BCUT2D eigenvalue weighted by Crippen LogP contribution is 2.29. The number of aromatic nitrogens is 1. The molecule has 0 unspecified atom stereocenters. The van der Waals surface area contributed by atoms with Gasteiger partial charge in [-0.3, -0.25) is 9.88 Å². The summed E-state index contributed by atoms with van der Waals surface area (Å²) in [6, 6.07) is 4.31. The minimum absolute atomic E-state index is 0.0101. The Labute approximate surface area is 163 Å². The van der Waals surface area contributed by atoms with Crippen molar-refractivity contribution < 1.29 is 23.8 Å². The largest absolute Gasteiger partial charge is 0.496 e. The molecule has 0 radical (unpaired) electrons. The fourth-order valence-corrected chi connectivity index (χ4v) is 3.37. The minimum Gasteiger partial charge on any atom is -0.496 e. The smallest absolute Gasteiger partial charge is 0.412 e. The van der Waals surface area contributed by atoms with Gasteiger partial charge in [0.25, 0.3) is 0 Å². The van der Waals surface area contributed by atoms with Crippen LogP contribution in [0.5, 0.6) is 5.75 Å². The zero-order valence-electron chi connectivity index (χ0n) is 16.2. The van der Waals surface area contributed by atoms with Crippen molar-refractivity contribution in [1.29, 1.82) is 0 Å². The normalized spacial score (nSPS) is 14.1. The minimum atomic E-state index is -1.18. The Morgan fingerprint density at radius 3 is 2.68 bits per heavy atom. The number of pyridine rings is 1. The maximum absolute atomic E-state index is 14.3. The van der Waals surface area contributed by atoms with E-state index in [0.29, 0.717) is 43.4 Å². The second kappa shape index (κ2) is 8.43. The van der Waals surface area contributed by atoms with E-state index >= 15 is 0 Å². The van der Waals surface area contributed by atoms with Crippen LogP contribution >= 0.6 is 0 Å². The number of carbonyl (C=O) groups is 1. The molecule has 2 aromatic rings. The van der Waals surface area contributed by atoms with Crippen molar-refractivity contribution in [1.82, 2.24) is 4.98 Å². The Morgan fingerprint density at radius 2 is 2.04 bits per heavy atom. The lowest BCUT2D eigenvalue weighted by Crippen LogP contribution is -2.36. The molecule has 1 aliphatic rings. The summed E-state index contributed by atoms with van der Waals surface area (Å²) in [6.45, 7) is 6.07. The Hall–Kier alpha value is -2.87. The molecule has 0 saturated carbocycles. The first-order valence-electron chi connectivity index (χ1n) is 9.03. The number of morpholine rings is 1. The Balaban J connectivity index is 1.95. The zero-order valence-corrected chi connectivity index (χ0v) is 16.2. The molecule has 0 spiro atoms. The Morgan fingerprint density at radius 1 is 1.32 bits per heavy atom. The second-order valence-electron chi connectivity index (χ2n) is 6.68. The zero-order chi connectivity index (χ0) is 20.3. The first-order chi connectivity index (χ1) is 13.4. The molecule has 8 heteroatoms. The van der Waals surface area contributed by atoms with Crippen LogP contribution in [-0.2, 0) is 11.3 Å². The molecule has 7 nitrogen and oxygen atoms in total. The quantitative estimate of drug-likeness (QED) is 0.845. The number of rotatable bonds is 5. The summed E-state index contributed by atoms with van der Waals surface area (Å²) in [4.78, 5) is 19.4. The highest BCUT2D eigenvalue weighted by atomic mass is 19.1.